The van der Waals surface area contributed by atoms with Crippen LogP contribution in [-0.4, -0.2) is 140 Å². The van der Waals surface area contributed by atoms with E-state index in [0.717, 1.165) is 70.6 Å². The number of hydrogen-bond donors (Lipinski definition) is 9. The van der Waals surface area contributed by atoms with Gasteiger partial charge >= 0.3 is 0 Å². The lowest BCUT2D eigenvalue weighted by Gasteiger charge is -2.46. The van der Waals surface area contributed by atoms with Gasteiger partial charge in [-0.25, -0.2) is 0 Å². The third-order valence-corrected chi connectivity index (χ3v) is 9.63. The number of rotatable bonds is 27. The predicted molar refractivity (Wildman–Crippen MR) is 194 cm³/mol. The van der Waals surface area contributed by atoms with Crippen molar-refractivity contribution in [3.8, 4) is 0 Å². The molecule has 0 spiro atoms. The molecule has 12 atom stereocenters. The highest BCUT2D eigenvalue weighted by molar-refractivity contribution is 5.76. The highest BCUT2D eigenvalue weighted by Gasteiger charge is 2.50. The minimum atomic E-state index is -1.78. The normalized spacial score (nSPS) is 31.0. The molecule has 0 saturated carbocycles. The molecule has 0 aliphatic carbocycles. The molecule has 2 saturated heterocycles. The Morgan fingerprint density at radius 2 is 1.21 bits per heavy atom. The Morgan fingerprint density at radius 1 is 0.673 bits per heavy atom. The summed E-state index contributed by atoms with van der Waals surface area (Å²) in [7, 11) is 0. The van der Waals surface area contributed by atoms with Crippen LogP contribution in [0.15, 0.2) is 24.3 Å². The van der Waals surface area contributed by atoms with Crippen LogP contribution in [0.2, 0.25) is 0 Å². The monoisotopic (exact) mass is 747 g/mol. The van der Waals surface area contributed by atoms with E-state index in [4.69, 9.17) is 18.9 Å². The van der Waals surface area contributed by atoms with Gasteiger partial charge in [0.25, 0.3) is 0 Å². The second-order valence-electron chi connectivity index (χ2n) is 14.1. The van der Waals surface area contributed by atoms with Crippen LogP contribution in [0.1, 0.15) is 117 Å². The smallest absolute Gasteiger partial charge is 0.220 e. The number of carbonyl (C=O) groups is 1. The van der Waals surface area contributed by atoms with Crippen LogP contribution in [-0.2, 0) is 23.7 Å². The van der Waals surface area contributed by atoms with E-state index in [2.05, 4.69) is 31.3 Å². The lowest BCUT2D eigenvalue weighted by atomic mass is 9.97. The summed E-state index contributed by atoms with van der Waals surface area (Å²) in [5, 5.41) is 85.8. The van der Waals surface area contributed by atoms with Gasteiger partial charge in [0.15, 0.2) is 12.6 Å². The molecule has 0 aromatic heterocycles. The number of ether oxygens (including phenoxy) is 4. The molecule has 14 nitrogen and oxygen atoms in total. The maximum absolute atomic E-state index is 12.9. The minimum Gasteiger partial charge on any atom is -0.394 e. The van der Waals surface area contributed by atoms with E-state index in [0.29, 0.717) is 6.42 Å². The summed E-state index contributed by atoms with van der Waals surface area (Å²) in [6, 6.07) is -0.910. The molecule has 304 valence electrons. The van der Waals surface area contributed by atoms with Crippen molar-refractivity contribution in [2.75, 3.05) is 19.8 Å². The Balaban J connectivity index is 1.93. The molecule has 1 amide bonds. The second kappa shape index (κ2) is 27.1. The number of aliphatic hydroxyl groups excluding tert-OH is 8. The van der Waals surface area contributed by atoms with Gasteiger partial charge in [-0.15, -0.1) is 0 Å². The van der Waals surface area contributed by atoms with Gasteiger partial charge in [0.2, 0.25) is 5.91 Å². The number of aliphatic hydroxyl groups is 8. The molecular formula is C38H69NO13. The average Bonchev–Trinajstić information content (AvgIpc) is 3.14. The number of unbranched alkanes of at least 4 members (excludes halogenated alkanes) is 12. The largest absolute Gasteiger partial charge is 0.394 e. The SMILES string of the molecule is CCCCC/C=C\CCCCCCCC(=O)NC(COC1OC(CO)C(OC2OC(CO)C(O)C(O)C2O)C(O)C1O)C(O)/C=C/CCCCCC. The summed E-state index contributed by atoms with van der Waals surface area (Å²) in [4.78, 5) is 12.9. The van der Waals surface area contributed by atoms with E-state index in [1.807, 2.05) is 6.08 Å². The third-order valence-electron chi connectivity index (χ3n) is 9.63. The number of allylic oxidation sites excluding steroid dienone is 3. The zero-order chi connectivity index (χ0) is 38.3. The fourth-order valence-electron chi connectivity index (χ4n) is 6.28. The van der Waals surface area contributed by atoms with Crippen molar-refractivity contribution < 1.29 is 64.6 Å². The van der Waals surface area contributed by atoms with Crippen LogP contribution in [0.4, 0.5) is 0 Å². The first-order valence-corrected chi connectivity index (χ1v) is 19.6. The molecule has 2 rings (SSSR count). The van der Waals surface area contributed by atoms with Crippen LogP contribution in [0.25, 0.3) is 0 Å². The summed E-state index contributed by atoms with van der Waals surface area (Å²) >= 11 is 0. The van der Waals surface area contributed by atoms with E-state index < -0.39 is 86.8 Å². The molecular weight excluding hydrogens is 678 g/mol. The third kappa shape index (κ3) is 16.5. The minimum absolute atomic E-state index is 0.259. The standard InChI is InChI=1S/C38H69NO13/c1-3-5-7-9-11-12-13-14-15-16-18-20-22-30(43)39-26(27(42)21-19-17-10-8-6-4-2)25-49-37-35(48)33(46)36(29(24-41)51-37)52-38-34(47)32(45)31(44)28(23-40)50-38/h11-12,19,21,26-29,31-38,40-42,44-48H,3-10,13-18,20,22-25H2,1-2H3,(H,39,43)/b12-11-,21-19+. The molecule has 2 aliphatic rings. The molecule has 14 heteroatoms. The van der Waals surface area contributed by atoms with Crippen LogP contribution in [0, 0.1) is 0 Å². The number of amides is 1. The van der Waals surface area contributed by atoms with Gasteiger partial charge in [-0.05, 0) is 44.9 Å². The number of carbonyl (C=O) groups excluding carboxylic acids is 1. The van der Waals surface area contributed by atoms with E-state index in [9.17, 15) is 45.6 Å². The maximum Gasteiger partial charge on any atom is 0.220 e. The quantitative estimate of drug-likeness (QED) is 0.0433. The molecule has 2 heterocycles. The fraction of sp³-hybridized carbons (Fsp3) is 0.868. The molecule has 52 heavy (non-hydrogen) atoms. The Kier molecular flexibility index (Phi) is 24.3. The first kappa shape index (κ1) is 46.6. The van der Waals surface area contributed by atoms with Crippen molar-refractivity contribution in [2.45, 2.75) is 190 Å². The van der Waals surface area contributed by atoms with Crippen molar-refractivity contribution >= 4 is 5.91 Å². The van der Waals surface area contributed by atoms with Crippen LogP contribution < -0.4 is 5.32 Å². The van der Waals surface area contributed by atoms with Gasteiger partial charge in [0.1, 0.15) is 48.8 Å². The van der Waals surface area contributed by atoms with Crippen molar-refractivity contribution in [3.63, 3.8) is 0 Å². The fourth-order valence-corrected chi connectivity index (χ4v) is 6.28. The Labute approximate surface area is 309 Å². The summed E-state index contributed by atoms with van der Waals surface area (Å²) in [6.07, 6.45) is 7.10. The molecule has 0 bridgehead atoms. The Bertz CT molecular complexity index is 983. The van der Waals surface area contributed by atoms with Crippen LogP contribution >= 0.6 is 0 Å². The Morgan fingerprint density at radius 3 is 1.87 bits per heavy atom. The molecule has 2 fully saturated rings. The number of hydrogen-bond acceptors (Lipinski definition) is 13. The molecule has 12 unspecified atom stereocenters. The number of nitrogens with one attached hydrogen (secondary N) is 1. The topological polar surface area (TPSA) is 228 Å². The van der Waals surface area contributed by atoms with E-state index >= 15 is 0 Å². The lowest BCUT2D eigenvalue weighted by Crippen LogP contribution is -2.65. The molecule has 9 N–H and O–H groups in total. The van der Waals surface area contributed by atoms with Gasteiger partial charge in [0, 0.05) is 6.42 Å². The molecule has 0 aromatic carbocycles. The van der Waals surface area contributed by atoms with Crippen molar-refractivity contribution in [1.29, 1.82) is 0 Å². The van der Waals surface area contributed by atoms with Gasteiger partial charge in [-0.2, -0.15) is 0 Å². The van der Waals surface area contributed by atoms with Gasteiger partial charge in [0.05, 0.1) is 32.0 Å². The second-order valence-corrected chi connectivity index (χ2v) is 14.1. The lowest BCUT2D eigenvalue weighted by molar-refractivity contribution is -0.359. The van der Waals surface area contributed by atoms with Gasteiger partial charge < -0.3 is 65.1 Å². The summed E-state index contributed by atoms with van der Waals surface area (Å²) < 4.78 is 22.4. The van der Waals surface area contributed by atoms with Crippen molar-refractivity contribution in [2.24, 2.45) is 0 Å². The van der Waals surface area contributed by atoms with Gasteiger partial charge in [-0.1, -0.05) is 89.5 Å². The predicted octanol–water partition coefficient (Wildman–Crippen LogP) is 1.87. The summed E-state index contributed by atoms with van der Waals surface area (Å²) in [6.45, 7) is 2.61. The molecule has 0 aromatic rings. The van der Waals surface area contributed by atoms with Crippen LogP contribution in [0.5, 0.6) is 0 Å². The molecule has 2 aliphatic heterocycles. The zero-order valence-corrected chi connectivity index (χ0v) is 31.3. The summed E-state index contributed by atoms with van der Waals surface area (Å²) in [5.74, 6) is -0.259. The zero-order valence-electron chi connectivity index (χ0n) is 31.3. The average molecular weight is 748 g/mol. The maximum atomic E-state index is 12.9. The molecule has 0 radical (unpaired) electrons. The van der Waals surface area contributed by atoms with E-state index in [-0.39, 0.29) is 18.9 Å². The van der Waals surface area contributed by atoms with E-state index in [1.54, 1.807) is 6.08 Å². The first-order chi connectivity index (χ1) is 25.1. The van der Waals surface area contributed by atoms with Crippen molar-refractivity contribution in [1.82, 2.24) is 5.32 Å². The van der Waals surface area contributed by atoms with Gasteiger partial charge in [-0.3, -0.25) is 4.79 Å². The Hall–Kier alpha value is -1.53. The van der Waals surface area contributed by atoms with Crippen LogP contribution in [0.3, 0.4) is 0 Å². The summed E-state index contributed by atoms with van der Waals surface area (Å²) in [5.41, 5.74) is 0. The first-order valence-electron chi connectivity index (χ1n) is 19.6. The highest BCUT2D eigenvalue weighted by atomic mass is 16.7. The highest BCUT2D eigenvalue weighted by Crippen LogP contribution is 2.29. The van der Waals surface area contributed by atoms with E-state index in [1.165, 1.54) is 19.3 Å². The van der Waals surface area contributed by atoms with Crippen molar-refractivity contribution in [3.05, 3.63) is 24.3 Å².